The zero-order valence-corrected chi connectivity index (χ0v) is 11.6. The molecule has 1 N–H and O–H groups in total. The highest BCUT2D eigenvalue weighted by molar-refractivity contribution is 5.85. The molecule has 4 heteroatoms. The second kappa shape index (κ2) is 5.15. The fourth-order valence-electron chi connectivity index (χ4n) is 2.31. The summed E-state index contributed by atoms with van der Waals surface area (Å²) in [7, 11) is 3.35. The minimum Gasteiger partial charge on any atom is -0.493 e. The van der Waals surface area contributed by atoms with Crippen LogP contribution in [-0.4, -0.2) is 20.8 Å². The van der Waals surface area contributed by atoms with E-state index >= 15 is 0 Å². The van der Waals surface area contributed by atoms with E-state index in [2.05, 4.69) is 31.3 Å². The summed E-state index contributed by atoms with van der Waals surface area (Å²) in [5.74, 6) is 1.62. The van der Waals surface area contributed by atoms with Crippen LogP contribution in [0.3, 0.4) is 0 Å². The third-order valence-corrected chi connectivity index (χ3v) is 3.24. The molecule has 0 unspecified atom stereocenters. The Morgan fingerprint density at radius 3 is 2.29 bits per heavy atom. The predicted octanol–water partition coefficient (Wildman–Crippen LogP) is 2.51. The Labute approximate surface area is 109 Å². The van der Waals surface area contributed by atoms with Gasteiger partial charge in [-0.2, -0.15) is 0 Å². The summed E-state index contributed by atoms with van der Waals surface area (Å²) < 4.78 is 10.7. The number of ether oxygens (including phenoxy) is 2. The molecule has 1 heterocycles. The second-order valence-corrected chi connectivity index (χ2v) is 4.67. The van der Waals surface area contributed by atoms with Crippen LogP contribution < -0.4 is 14.8 Å². The Morgan fingerprint density at radius 2 is 1.71 bits per heavy atom. The molecule has 0 bridgehead atoms. The number of benzene rings is 1. The Bertz CT molecular complexity index is 405. The number of fused-ring (bicyclic) bond motifs is 1. The van der Waals surface area contributed by atoms with E-state index < -0.39 is 0 Å². The van der Waals surface area contributed by atoms with Crippen LogP contribution in [0.2, 0.25) is 0 Å². The standard InChI is InChI=1S/C13H19NO2.ClH/c1-13(2)10-8-12(16-4)11(15-3)7-9(10)5-6-14-13;/h7-8,14H,5-6H2,1-4H3;1H. The van der Waals surface area contributed by atoms with Gasteiger partial charge in [-0.1, -0.05) is 0 Å². The van der Waals surface area contributed by atoms with Crippen molar-refractivity contribution in [3.05, 3.63) is 23.3 Å². The van der Waals surface area contributed by atoms with Crippen molar-refractivity contribution in [1.82, 2.24) is 5.32 Å². The smallest absolute Gasteiger partial charge is 0.161 e. The van der Waals surface area contributed by atoms with Crippen molar-refractivity contribution < 1.29 is 9.47 Å². The molecule has 3 nitrogen and oxygen atoms in total. The summed E-state index contributed by atoms with van der Waals surface area (Å²) >= 11 is 0. The maximum absolute atomic E-state index is 5.34. The van der Waals surface area contributed by atoms with Gasteiger partial charge in [0.05, 0.1) is 14.2 Å². The Kier molecular flexibility index (Phi) is 4.28. The van der Waals surface area contributed by atoms with E-state index in [1.165, 1.54) is 11.1 Å². The van der Waals surface area contributed by atoms with Crippen LogP contribution in [0.15, 0.2) is 12.1 Å². The van der Waals surface area contributed by atoms with Gasteiger partial charge in [0, 0.05) is 5.54 Å². The van der Waals surface area contributed by atoms with Crippen molar-refractivity contribution in [2.24, 2.45) is 0 Å². The molecule has 0 radical (unpaired) electrons. The summed E-state index contributed by atoms with van der Waals surface area (Å²) in [4.78, 5) is 0. The largest absolute Gasteiger partial charge is 0.493 e. The van der Waals surface area contributed by atoms with Gasteiger partial charge in [-0.15, -0.1) is 12.4 Å². The van der Waals surface area contributed by atoms with Gasteiger partial charge in [0.15, 0.2) is 11.5 Å². The van der Waals surface area contributed by atoms with Gasteiger partial charge < -0.3 is 14.8 Å². The molecule has 0 saturated heterocycles. The fourth-order valence-corrected chi connectivity index (χ4v) is 2.31. The van der Waals surface area contributed by atoms with E-state index in [0.29, 0.717) is 0 Å². The average Bonchev–Trinajstić information content (AvgIpc) is 2.27. The van der Waals surface area contributed by atoms with Gasteiger partial charge >= 0.3 is 0 Å². The zero-order valence-electron chi connectivity index (χ0n) is 10.8. The number of rotatable bonds is 2. The van der Waals surface area contributed by atoms with Crippen LogP contribution in [0.5, 0.6) is 11.5 Å². The number of hydrogen-bond acceptors (Lipinski definition) is 3. The molecule has 0 fully saturated rings. The van der Waals surface area contributed by atoms with Crippen molar-refractivity contribution in [2.75, 3.05) is 20.8 Å². The molecule has 1 aromatic rings. The fraction of sp³-hybridized carbons (Fsp3) is 0.538. The summed E-state index contributed by atoms with van der Waals surface area (Å²) in [6, 6.07) is 4.18. The number of nitrogens with one attached hydrogen (secondary N) is 1. The molecule has 0 spiro atoms. The molecule has 0 aliphatic carbocycles. The number of hydrogen-bond donors (Lipinski definition) is 1. The SMILES string of the molecule is COc1cc2c(cc1OC)C(C)(C)NCC2.Cl. The van der Waals surface area contributed by atoms with Crippen LogP contribution in [0.25, 0.3) is 0 Å². The van der Waals surface area contributed by atoms with Crippen LogP contribution in [0, 0.1) is 0 Å². The monoisotopic (exact) mass is 257 g/mol. The van der Waals surface area contributed by atoms with E-state index in [-0.39, 0.29) is 17.9 Å². The van der Waals surface area contributed by atoms with Gasteiger partial charge in [-0.3, -0.25) is 0 Å². The first-order valence-electron chi connectivity index (χ1n) is 5.59. The lowest BCUT2D eigenvalue weighted by Crippen LogP contribution is -2.42. The highest BCUT2D eigenvalue weighted by atomic mass is 35.5. The molecule has 96 valence electrons. The van der Waals surface area contributed by atoms with Crippen LogP contribution in [0.4, 0.5) is 0 Å². The lowest BCUT2D eigenvalue weighted by Gasteiger charge is -2.34. The lowest BCUT2D eigenvalue weighted by molar-refractivity contribution is 0.343. The molecule has 1 aliphatic heterocycles. The lowest BCUT2D eigenvalue weighted by atomic mass is 9.85. The third-order valence-electron chi connectivity index (χ3n) is 3.24. The average molecular weight is 258 g/mol. The van der Waals surface area contributed by atoms with Gasteiger partial charge in [0.25, 0.3) is 0 Å². The topological polar surface area (TPSA) is 30.5 Å². The normalized spacial score (nSPS) is 16.7. The highest BCUT2D eigenvalue weighted by Crippen LogP contribution is 2.37. The maximum atomic E-state index is 5.34. The first-order chi connectivity index (χ1) is 7.58. The van der Waals surface area contributed by atoms with Gasteiger partial charge in [0.2, 0.25) is 0 Å². The summed E-state index contributed by atoms with van der Waals surface area (Å²) in [5, 5.41) is 3.51. The van der Waals surface area contributed by atoms with Crippen molar-refractivity contribution >= 4 is 12.4 Å². The summed E-state index contributed by atoms with van der Waals surface area (Å²) in [6.45, 7) is 5.39. The molecule has 1 aliphatic rings. The molecule has 17 heavy (non-hydrogen) atoms. The molecule has 2 rings (SSSR count). The van der Waals surface area contributed by atoms with E-state index in [4.69, 9.17) is 9.47 Å². The zero-order chi connectivity index (χ0) is 11.8. The van der Waals surface area contributed by atoms with Crippen LogP contribution in [0.1, 0.15) is 25.0 Å². The Hall–Kier alpha value is -0.930. The van der Waals surface area contributed by atoms with Crippen LogP contribution >= 0.6 is 12.4 Å². The molecular weight excluding hydrogens is 238 g/mol. The van der Waals surface area contributed by atoms with Gasteiger partial charge in [0.1, 0.15) is 0 Å². The van der Waals surface area contributed by atoms with E-state index in [1.807, 2.05) is 0 Å². The van der Waals surface area contributed by atoms with E-state index in [0.717, 1.165) is 24.5 Å². The van der Waals surface area contributed by atoms with Crippen molar-refractivity contribution in [3.8, 4) is 11.5 Å². The molecular formula is C13H20ClNO2. The predicted molar refractivity (Wildman–Crippen MR) is 71.5 cm³/mol. The van der Waals surface area contributed by atoms with E-state index in [1.54, 1.807) is 14.2 Å². The van der Waals surface area contributed by atoms with Gasteiger partial charge in [-0.05, 0) is 50.1 Å². The van der Waals surface area contributed by atoms with Gasteiger partial charge in [-0.25, -0.2) is 0 Å². The van der Waals surface area contributed by atoms with Crippen molar-refractivity contribution in [1.29, 1.82) is 0 Å². The molecule has 0 atom stereocenters. The maximum Gasteiger partial charge on any atom is 0.161 e. The molecule has 0 aromatic heterocycles. The molecule has 0 saturated carbocycles. The van der Waals surface area contributed by atoms with Crippen LogP contribution in [-0.2, 0) is 12.0 Å². The Morgan fingerprint density at radius 1 is 1.12 bits per heavy atom. The van der Waals surface area contributed by atoms with Crippen molar-refractivity contribution in [2.45, 2.75) is 25.8 Å². The minimum atomic E-state index is 0. The number of methoxy groups -OCH3 is 2. The first kappa shape index (κ1) is 14.1. The molecule has 1 aromatic carbocycles. The number of halogens is 1. The highest BCUT2D eigenvalue weighted by Gasteiger charge is 2.28. The minimum absolute atomic E-state index is 0. The second-order valence-electron chi connectivity index (χ2n) is 4.67. The van der Waals surface area contributed by atoms with E-state index in [9.17, 15) is 0 Å². The third kappa shape index (κ3) is 2.50. The summed E-state index contributed by atoms with van der Waals surface area (Å²) in [6.07, 6.45) is 1.04. The summed E-state index contributed by atoms with van der Waals surface area (Å²) in [5.41, 5.74) is 2.66. The molecule has 0 amide bonds. The quantitative estimate of drug-likeness (QED) is 0.883. The van der Waals surface area contributed by atoms with Crippen molar-refractivity contribution in [3.63, 3.8) is 0 Å². The Balaban J connectivity index is 0.00000144. The first-order valence-corrected chi connectivity index (χ1v) is 5.59.